The minimum Gasteiger partial charge on any atom is -0.494 e. The van der Waals surface area contributed by atoms with Crippen LogP contribution in [0.2, 0.25) is 0 Å². The number of rotatable bonds is 7. The lowest BCUT2D eigenvalue weighted by molar-refractivity contribution is -0.393. The van der Waals surface area contributed by atoms with Gasteiger partial charge in [0.15, 0.2) is 11.4 Å². The van der Waals surface area contributed by atoms with E-state index in [0.29, 0.717) is 11.3 Å². The maximum atomic E-state index is 11.3. The number of anilines is 1. The largest absolute Gasteiger partial charge is 0.494 e. The van der Waals surface area contributed by atoms with Gasteiger partial charge in [0.1, 0.15) is 0 Å². The first-order valence-corrected chi connectivity index (χ1v) is 7.30. The van der Waals surface area contributed by atoms with Crippen LogP contribution in [0.3, 0.4) is 0 Å². The van der Waals surface area contributed by atoms with Crippen LogP contribution in [0.4, 0.5) is 22.7 Å². The molecule has 0 aromatic heterocycles. The van der Waals surface area contributed by atoms with Gasteiger partial charge in [0.05, 0.1) is 39.7 Å². The highest BCUT2D eigenvalue weighted by atomic mass is 16.6. The third-order valence-electron chi connectivity index (χ3n) is 3.50. The Hall–Kier alpha value is -4.09. The molecule has 0 heterocycles. The third kappa shape index (κ3) is 4.31. The van der Waals surface area contributed by atoms with E-state index in [1.807, 2.05) is 0 Å². The zero-order valence-corrected chi connectivity index (χ0v) is 14.1. The van der Waals surface area contributed by atoms with Crippen LogP contribution in [-0.4, -0.2) is 27.6 Å². The molecule has 2 rings (SSSR count). The van der Waals surface area contributed by atoms with E-state index in [9.17, 15) is 30.3 Å². The molecule has 140 valence electrons. The number of hydrogen-bond donors (Lipinski definition) is 1. The van der Waals surface area contributed by atoms with Gasteiger partial charge in [0.25, 0.3) is 11.4 Å². The van der Waals surface area contributed by atoms with Crippen molar-refractivity contribution in [2.75, 3.05) is 12.5 Å². The molecule has 0 aliphatic carbocycles. The predicted octanol–water partition coefficient (Wildman–Crippen LogP) is 3.26. The van der Waals surface area contributed by atoms with E-state index in [-0.39, 0.29) is 17.1 Å². The SMILES string of the molecule is COc1cc([N+](=O)[O-])cc([N+](=O)[O-])c1NN=C(C)c1cccc([N+](=O)[O-])c1. The average Bonchev–Trinajstić information content (AvgIpc) is 2.65. The quantitative estimate of drug-likeness (QED) is 0.437. The molecule has 0 radical (unpaired) electrons. The van der Waals surface area contributed by atoms with Crippen LogP contribution in [-0.2, 0) is 0 Å². The van der Waals surface area contributed by atoms with Gasteiger partial charge in [-0.15, -0.1) is 0 Å². The zero-order chi connectivity index (χ0) is 20.1. The van der Waals surface area contributed by atoms with Gasteiger partial charge in [-0.1, -0.05) is 12.1 Å². The number of ether oxygens (including phenoxy) is 1. The van der Waals surface area contributed by atoms with E-state index in [4.69, 9.17) is 4.74 Å². The summed E-state index contributed by atoms with van der Waals surface area (Å²) in [6.07, 6.45) is 0. The van der Waals surface area contributed by atoms with Gasteiger partial charge in [0, 0.05) is 17.7 Å². The Morgan fingerprint density at radius 3 is 2.22 bits per heavy atom. The van der Waals surface area contributed by atoms with Crippen molar-refractivity contribution in [3.63, 3.8) is 0 Å². The Morgan fingerprint density at radius 1 is 1.00 bits per heavy atom. The van der Waals surface area contributed by atoms with Gasteiger partial charge in [-0.25, -0.2) is 0 Å². The Morgan fingerprint density at radius 2 is 1.67 bits per heavy atom. The molecule has 2 aromatic carbocycles. The van der Waals surface area contributed by atoms with Gasteiger partial charge in [-0.05, 0) is 6.92 Å². The highest BCUT2D eigenvalue weighted by molar-refractivity contribution is 5.99. The lowest BCUT2D eigenvalue weighted by Gasteiger charge is -2.09. The average molecular weight is 375 g/mol. The molecule has 0 saturated carbocycles. The summed E-state index contributed by atoms with van der Waals surface area (Å²) in [5.41, 5.74) is 1.74. The number of benzene rings is 2. The van der Waals surface area contributed by atoms with Crippen molar-refractivity contribution in [1.82, 2.24) is 0 Å². The minimum absolute atomic E-state index is 0.138. The molecule has 12 heteroatoms. The number of nitrogens with zero attached hydrogens (tertiary/aromatic N) is 4. The smallest absolute Gasteiger partial charge is 0.304 e. The molecule has 0 bridgehead atoms. The Balaban J connectivity index is 2.45. The fourth-order valence-electron chi connectivity index (χ4n) is 2.16. The number of hydrogen-bond acceptors (Lipinski definition) is 9. The van der Waals surface area contributed by atoms with Gasteiger partial charge in [-0.2, -0.15) is 5.10 Å². The molecule has 0 amide bonds. The van der Waals surface area contributed by atoms with Crippen molar-refractivity contribution < 1.29 is 19.5 Å². The number of nitrogens with one attached hydrogen (secondary N) is 1. The lowest BCUT2D eigenvalue weighted by Crippen LogP contribution is -2.04. The van der Waals surface area contributed by atoms with E-state index in [1.54, 1.807) is 6.07 Å². The topological polar surface area (TPSA) is 163 Å². The van der Waals surface area contributed by atoms with Crippen molar-refractivity contribution in [1.29, 1.82) is 0 Å². The highest BCUT2D eigenvalue weighted by Crippen LogP contribution is 2.38. The van der Waals surface area contributed by atoms with E-state index in [2.05, 4.69) is 10.5 Å². The molecule has 12 nitrogen and oxygen atoms in total. The van der Waals surface area contributed by atoms with Gasteiger partial charge in [0.2, 0.25) is 0 Å². The molecule has 0 saturated heterocycles. The normalized spacial score (nSPS) is 11.0. The van der Waals surface area contributed by atoms with Crippen molar-refractivity contribution in [3.05, 3.63) is 72.3 Å². The fourth-order valence-corrected chi connectivity index (χ4v) is 2.16. The van der Waals surface area contributed by atoms with Gasteiger partial charge in [-0.3, -0.25) is 35.8 Å². The van der Waals surface area contributed by atoms with Crippen LogP contribution in [0.5, 0.6) is 5.75 Å². The molecular formula is C15H13N5O7. The van der Waals surface area contributed by atoms with Crippen molar-refractivity contribution in [3.8, 4) is 5.75 Å². The molecule has 0 aliphatic rings. The van der Waals surface area contributed by atoms with E-state index in [0.717, 1.165) is 12.1 Å². The summed E-state index contributed by atoms with van der Waals surface area (Å²) >= 11 is 0. The highest BCUT2D eigenvalue weighted by Gasteiger charge is 2.25. The predicted molar refractivity (Wildman–Crippen MR) is 95.2 cm³/mol. The van der Waals surface area contributed by atoms with Crippen LogP contribution < -0.4 is 10.2 Å². The summed E-state index contributed by atoms with van der Waals surface area (Å²) in [5.74, 6) is -0.147. The first-order valence-electron chi connectivity index (χ1n) is 7.30. The summed E-state index contributed by atoms with van der Waals surface area (Å²) in [4.78, 5) is 30.9. The van der Waals surface area contributed by atoms with E-state index < -0.39 is 26.1 Å². The van der Waals surface area contributed by atoms with Crippen LogP contribution >= 0.6 is 0 Å². The second-order valence-electron chi connectivity index (χ2n) is 5.17. The van der Waals surface area contributed by atoms with Gasteiger partial charge < -0.3 is 4.74 Å². The van der Waals surface area contributed by atoms with Crippen LogP contribution in [0.15, 0.2) is 41.5 Å². The first-order chi connectivity index (χ1) is 12.7. The summed E-state index contributed by atoms with van der Waals surface area (Å²) in [5, 5.41) is 37.0. The second kappa shape index (κ2) is 7.86. The van der Waals surface area contributed by atoms with Gasteiger partial charge >= 0.3 is 5.69 Å². The number of methoxy groups -OCH3 is 1. The number of nitro benzene ring substituents is 3. The number of non-ortho nitro benzene ring substituents is 2. The summed E-state index contributed by atoms with van der Waals surface area (Å²) < 4.78 is 4.99. The maximum absolute atomic E-state index is 11.3. The maximum Gasteiger partial charge on any atom is 0.304 e. The fraction of sp³-hybridized carbons (Fsp3) is 0.133. The molecule has 0 atom stereocenters. The summed E-state index contributed by atoms with van der Waals surface area (Å²) in [7, 11) is 1.20. The molecule has 0 unspecified atom stereocenters. The zero-order valence-electron chi connectivity index (χ0n) is 14.1. The van der Waals surface area contributed by atoms with Crippen LogP contribution in [0.25, 0.3) is 0 Å². The molecule has 0 spiro atoms. The molecule has 1 N–H and O–H groups in total. The Labute approximate surface area is 151 Å². The van der Waals surface area contributed by atoms with E-state index >= 15 is 0 Å². The first kappa shape index (κ1) is 19.2. The molecular weight excluding hydrogens is 362 g/mol. The van der Waals surface area contributed by atoms with Crippen LogP contribution in [0, 0.1) is 30.3 Å². The monoisotopic (exact) mass is 375 g/mol. The Bertz CT molecular complexity index is 958. The lowest BCUT2D eigenvalue weighted by atomic mass is 10.1. The molecule has 27 heavy (non-hydrogen) atoms. The van der Waals surface area contributed by atoms with E-state index in [1.165, 1.54) is 32.2 Å². The van der Waals surface area contributed by atoms with Crippen molar-refractivity contribution in [2.45, 2.75) is 6.92 Å². The summed E-state index contributed by atoms with van der Waals surface area (Å²) in [6.45, 7) is 1.54. The third-order valence-corrected chi connectivity index (χ3v) is 3.50. The summed E-state index contributed by atoms with van der Waals surface area (Å²) in [6, 6.07) is 7.46. The van der Waals surface area contributed by atoms with Crippen LogP contribution in [0.1, 0.15) is 12.5 Å². The van der Waals surface area contributed by atoms with Crippen molar-refractivity contribution >= 4 is 28.5 Å². The molecule has 0 fully saturated rings. The molecule has 0 aliphatic heterocycles. The minimum atomic E-state index is -0.809. The molecule has 2 aromatic rings. The standard InChI is InChI=1S/C15H13N5O7/c1-9(10-4-3-5-11(6-10)18(21)22)16-17-15-13(20(25)26)7-12(19(23)24)8-14(15)27-2/h3-8,17H,1-2H3. The number of hydrazone groups is 1. The van der Waals surface area contributed by atoms with Crippen molar-refractivity contribution in [2.24, 2.45) is 5.10 Å². The second-order valence-corrected chi connectivity index (χ2v) is 5.17. The Kier molecular flexibility index (Phi) is 5.60. The number of nitro groups is 3.